The van der Waals surface area contributed by atoms with E-state index in [0.717, 1.165) is 31.7 Å². The maximum Gasteiger partial charge on any atom is 0.276 e. The van der Waals surface area contributed by atoms with Crippen molar-refractivity contribution < 1.29 is 4.79 Å². The molecule has 1 saturated heterocycles. The minimum Gasteiger partial charge on any atom is -0.338 e. The molecule has 0 bridgehead atoms. The zero-order valence-electron chi connectivity index (χ0n) is 17.9. The van der Waals surface area contributed by atoms with Gasteiger partial charge in [-0.2, -0.15) is 0 Å². The first-order valence-electron chi connectivity index (χ1n) is 10.9. The third kappa shape index (κ3) is 4.67. The van der Waals surface area contributed by atoms with E-state index in [2.05, 4.69) is 44.5 Å². The molecule has 0 spiro atoms. The van der Waals surface area contributed by atoms with Gasteiger partial charge in [-0.25, -0.2) is 0 Å². The lowest BCUT2D eigenvalue weighted by molar-refractivity contribution is 0.0767. The number of amides is 1. The van der Waals surface area contributed by atoms with E-state index >= 15 is 0 Å². The zero-order valence-corrected chi connectivity index (χ0v) is 17.9. The van der Waals surface area contributed by atoms with Crippen molar-refractivity contribution in [1.82, 2.24) is 29.8 Å². The Hall–Kier alpha value is -2.80. The Balaban J connectivity index is 1.36. The Labute approximate surface area is 177 Å². The molecule has 0 aliphatic carbocycles. The van der Waals surface area contributed by atoms with Gasteiger partial charge in [-0.15, -0.1) is 5.10 Å². The van der Waals surface area contributed by atoms with E-state index in [-0.39, 0.29) is 5.91 Å². The Morgan fingerprint density at radius 3 is 2.93 bits per heavy atom. The van der Waals surface area contributed by atoms with E-state index in [1.54, 1.807) is 11.1 Å². The first kappa shape index (κ1) is 20.5. The first-order valence-corrected chi connectivity index (χ1v) is 10.9. The Morgan fingerprint density at radius 2 is 2.10 bits per heavy atom. The van der Waals surface area contributed by atoms with Gasteiger partial charge >= 0.3 is 0 Å². The van der Waals surface area contributed by atoms with E-state index in [1.165, 1.54) is 23.8 Å². The summed E-state index contributed by atoms with van der Waals surface area (Å²) in [6.45, 7) is 9.23. The number of piperidine rings is 1. The summed E-state index contributed by atoms with van der Waals surface area (Å²) in [5.74, 6) is 0.473. The van der Waals surface area contributed by atoms with E-state index in [0.29, 0.717) is 24.7 Å². The number of hydrogen-bond donors (Lipinski definition) is 0. The van der Waals surface area contributed by atoms with Crippen LogP contribution < -0.4 is 0 Å². The van der Waals surface area contributed by atoms with Gasteiger partial charge in [0.1, 0.15) is 0 Å². The highest BCUT2D eigenvalue weighted by atomic mass is 16.2. The van der Waals surface area contributed by atoms with Gasteiger partial charge in [0.2, 0.25) is 0 Å². The molecule has 7 heteroatoms. The predicted octanol–water partition coefficient (Wildman–Crippen LogP) is 3.22. The van der Waals surface area contributed by atoms with Gasteiger partial charge in [0.15, 0.2) is 5.69 Å². The molecule has 4 rings (SSSR count). The second-order valence-electron chi connectivity index (χ2n) is 8.08. The number of likely N-dealkylation sites (tertiary alicyclic amines) is 1. The number of carbonyl (C=O) groups is 1. The van der Waals surface area contributed by atoms with Crippen LogP contribution in [-0.2, 0) is 13.1 Å². The quantitative estimate of drug-likeness (QED) is 0.603. The maximum atomic E-state index is 12.5. The third-order valence-electron chi connectivity index (χ3n) is 5.93. The minimum absolute atomic E-state index is 0.0395. The van der Waals surface area contributed by atoms with Crippen molar-refractivity contribution in [3.63, 3.8) is 0 Å². The molecule has 3 heterocycles. The van der Waals surface area contributed by atoms with Gasteiger partial charge in [0.25, 0.3) is 5.91 Å². The standard InChI is InChI=1S/C23H30N6O/c1-3-28(4-2)23(30)22-17-29(26-25-22)16-19-7-6-12-27(15-19)14-18-9-10-21-20(13-18)8-5-11-24-21/h5,8-11,13,17,19H,3-4,6-7,12,14-16H2,1-2H3/t19-/m0/s1. The second kappa shape index (κ2) is 9.34. The van der Waals surface area contributed by atoms with Gasteiger partial charge in [-0.1, -0.05) is 17.3 Å². The van der Waals surface area contributed by atoms with Gasteiger partial charge in [0.05, 0.1) is 11.7 Å². The lowest BCUT2D eigenvalue weighted by Gasteiger charge is -2.32. The third-order valence-corrected chi connectivity index (χ3v) is 5.93. The highest BCUT2D eigenvalue weighted by Crippen LogP contribution is 2.21. The molecule has 1 aromatic carbocycles. The molecule has 1 atom stereocenters. The topological polar surface area (TPSA) is 67.2 Å². The van der Waals surface area contributed by atoms with Crippen molar-refractivity contribution in [2.24, 2.45) is 5.92 Å². The number of nitrogens with zero attached hydrogens (tertiary/aromatic N) is 6. The van der Waals surface area contributed by atoms with Crippen molar-refractivity contribution in [1.29, 1.82) is 0 Å². The average Bonchev–Trinajstić information content (AvgIpc) is 3.23. The molecule has 1 aliphatic rings. The summed E-state index contributed by atoms with van der Waals surface area (Å²) in [6.07, 6.45) is 6.00. The number of benzene rings is 1. The van der Waals surface area contributed by atoms with Crippen molar-refractivity contribution in [2.45, 2.75) is 39.8 Å². The van der Waals surface area contributed by atoms with Gasteiger partial charge in [0, 0.05) is 44.3 Å². The number of hydrogen-bond acceptors (Lipinski definition) is 5. The molecule has 1 aliphatic heterocycles. The van der Waals surface area contributed by atoms with Crippen LogP contribution in [0.3, 0.4) is 0 Å². The number of aromatic nitrogens is 4. The summed E-state index contributed by atoms with van der Waals surface area (Å²) in [4.78, 5) is 21.2. The molecule has 158 valence electrons. The highest BCUT2D eigenvalue weighted by molar-refractivity contribution is 5.91. The molecule has 0 saturated carbocycles. The predicted molar refractivity (Wildman–Crippen MR) is 117 cm³/mol. The molecule has 30 heavy (non-hydrogen) atoms. The Bertz CT molecular complexity index is 996. The second-order valence-corrected chi connectivity index (χ2v) is 8.08. The highest BCUT2D eigenvalue weighted by Gasteiger charge is 2.22. The Kier molecular flexibility index (Phi) is 6.38. The molecular formula is C23H30N6O. The number of pyridine rings is 1. The van der Waals surface area contributed by atoms with Crippen molar-refractivity contribution in [3.05, 3.63) is 54.0 Å². The maximum absolute atomic E-state index is 12.5. The van der Waals surface area contributed by atoms with Gasteiger partial charge in [-0.05, 0) is 62.9 Å². The Morgan fingerprint density at radius 1 is 1.23 bits per heavy atom. The summed E-state index contributed by atoms with van der Waals surface area (Å²) in [7, 11) is 0. The number of fused-ring (bicyclic) bond motifs is 1. The minimum atomic E-state index is -0.0395. The van der Waals surface area contributed by atoms with Crippen LogP contribution in [0.15, 0.2) is 42.7 Å². The summed E-state index contributed by atoms with van der Waals surface area (Å²) in [5, 5.41) is 9.53. The summed E-state index contributed by atoms with van der Waals surface area (Å²) < 4.78 is 1.84. The molecule has 0 radical (unpaired) electrons. The van der Waals surface area contributed by atoms with E-state index < -0.39 is 0 Å². The molecule has 0 N–H and O–H groups in total. The molecule has 2 aromatic heterocycles. The molecule has 1 amide bonds. The molecule has 3 aromatic rings. The fraction of sp³-hybridized carbons (Fsp3) is 0.478. The lowest BCUT2D eigenvalue weighted by Crippen LogP contribution is -2.36. The molecule has 7 nitrogen and oxygen atoms in total. The van der Waals surface area contributed by atoms with Crippen LogP contribution in [0.2, 0.25) is 0 Å². The normalized spacial score (nSPS) is 17.3. The van der Waals surface area contributed by atoms with Crippen LogP contribution in [0.4, 0.5) is 0 Å². The van der Waals surface area contributed by atoms with E-state index in [1.807, 2.05) is 30.8 Å². The SMILES string of the molecule is CCN(CC)C(=O)c1cn(C[C@H]2CCCN(Cc3ccc4ncccc4c3)C2)nn1. The molecule has 1 fully saturated rings. The first-order chi connectivity index (χ1) is 14.7. The van der Waals surface area contributed by atoms with Crippen molar-refractivity contribution >= 4 is 16.8 Å². The fourth-order valence-corrected chi connectivity index (χ4v) is 4.35. The van der Waals surface area contributed by atoms with Crippen LogP contribution in [-0.4, -0.2) is 61.9 Å². The zero-order chi connectivity index (χ0) is 20.9. The monoisotopic (exact) mass is 406 g/mol. The summed E-state index contributed by atoms with van der Waals surface area (Å²) >= 11 is 0. The average molecular weight is 407 g/mol. The van der Waals surface area contributed by atoms with Crippen LogP contribution >= 0.6 is 0 Å². The van der Waals surface area contributed by atoms with Gasteiger partial charge in [-0.3, -0.25) is 19.4 Å². The van der Waals surface area contributed by atoms with Gasteiger partial charge < -0.3 is 4.90 Å². The number of rotatable bonds is 7. The molecule has 0 unspecified atom stereocenters. The van der Waals surface area contributed by atoms with Crippen LogP contribution in [0, 0.1) is 5.92 Å². The number of carbonyl (C=O) groups excluding carboxylic acids is 1. The fourth-order valence-electron chi connectivity index (χ4n) is 4.35. The molecular weight excluding hydrogens is 376 g/mol. The largest absolute Gasteiger partial charge is 0.338 e. The summed E-state index contributed by atoms with van der Waals surface area (Å²) in [5.41, 5.74) is 2.80. The van der Waals surface area contributed by atoms with Crippen LogP contribution in [0.25, 0.3) is 10.9 Å². The van der Waals surface area contributed by atoms with Crippen molar-refractivity contribution in [3.8, 4) is 0 Å². The van der Waals surface area contributed by atoms with Crippen LogP contribution in [0.1, 0.15) is 42.7 Å². The smallest absolute Gasteiger partial charge is 0.276 e. The van der Waals surface area contributed by atoms with Crippen molar-refractivity contribution in [2.75, 3.05) is 26.2 Å². The van der Waals surface area contributed by atoms with E-state index in [9.17, 15) is 4.79 Å². The van der Waals surface area contributed by atoms with Crippen LogP contribution in [0.5, 0.6) is 0 Å². The lowest BCUT2D eigenvalue weighted by atomic mass is 9.97. The van der Waals surface area contributed by atoms with E-state index in [4.69, 9.17) is 0 Å². The summed E-state index contributed by atoms with van der Waals surface area (Å²) in [6, 6.07) is 10.6.